The summed E-state index contributed by atoms with van der Waals surface area (Å²) in [5.41, 5.74) is 4.93. The normalized spacial score (nSPS) is 25.6. The number of carbonyl (C=O) groups excluding carboxylic acids is 2. The van der Waals surface area contributed by atoms with E-state index < -0.39 is 5.41 Å². The van der Waals surface area contributed by atoms with Crippen LogP contribution in [0.5, 0.6) is 0 Å². The van der Waals surface area contributed by atoms with Crippen molar-refractivity contribution >= 4 is 29.0 Å². The maximum absolute atomic E-state index is 12.1. The maximum Gasteiger partial charge on any atom is 0.239 e. The molecule has 0 aromatic carbocycles. The summed E-state index contributed by atoms with van der Waals surface area (Å²) in [5.74, 6) is 0.419. The van der Waals surface area contributed by atoms with E-state index in [1.807, 2.05) is 13.8 Å². The number of amides is 2. The van der Waals surface area contributed by atoms with E-state index in [0.29, 0.717) is 31.2 Å². The molecule has 1 fully saturated rings. The average Bonchev–Trinajstić information content (AvgIpc) is 2.28. The number of thiocarbonyl (C=S) groups is 1. The molecule has 0 aromatic heterocycles. The minimum Gasteiger partial charge on any atom is -0.392 e. The molecule has 0 radical (unpaired) electrons. The predicted molar refractivity (Wildman–Crippen MR) is 78.5 cm³/mol. The molecule has 5 nitrogen and oxygen atoms in total. The highest BCUT2D eigenvalue weighted by Gasteiger charge is 2.50. The van der Waals surface area contributed by atoms with E-state index >= 15 is 0 Å². The van der Waals surface area contributed by atoms with Crippen LogP contribution in [0.2, 0.25) is 0 Å². The SMILES string of the molecule is CC(C)CNC(=O)CNC(=O)C1(C(N)=S)CC(C)C1. The third-order valence-corrected chi connectivity index (χ3v) is 3.81. The second kappa shape index (κ2) is 6.32. The molecule has 1 rings (SSSR count). The van der Waals surface area contributed by atoms with Crippen molar-refractivity contribution in [1.82, 2.24) is 10.6 Å². The summed E-state index contributed by atoms with van der Waals surface area (Å²) in [6.45, 7) is 6.66. The molecule has 19 heavy (non-hydrogen) atoms. The monoisotopic (exact) mass is 285 g/mol. The number of hydrogen-bond acceptors (Lipinski definition) is 3. The van der Waals surface area contributed by atoms with Crippen LogP contribution in [-0.2, 0) is 9.59 Å². The van der Waals surface area contributed by atoms with Crippen LogP contribution < -0.4 is 16.4 Å². The van der Waals surface area contributed by atoms with E-state index in [0.717, 1.165) is 0 Å². The fourth-order valence-electron chi connectivity index (χ4n) is 2.34. The zero-order valence-corrected chi connectivity index (χ0v) is 12.6. The number of hydrogen-bond donors (Lipinski definition) is 3. The van der Waals surface area contributed by atoms with E-state index in [-0.39, 0.29) is 23.3 Å². The molecular weight excluding hydrogens is 262 g/mol. The van der Waals surface area contributed by atoms with Gasteiger partial charge in [-0.05, 0) is 24.7 Å². The summed E-state index contributed by atoms with van der Waals surface area (Å²) in [6, 6.07) is 0. The lowest BCUT2D eigenvalue weighted by atomic mass is 9.62. The first-order chi connectivity index (χ1) is 8.78. The molecule has 4 N–H and O–H groups in total. The van der Waals surface area contributed by atoms with Gasteiger partial charge in [0.1, 0.15) is 0 Å². The first kappa shape index (κ1) is 15.9. The van der Waals surface area contributed by atoms with Crippen molar-refractivity contribution in [1.29, 1.82) is 0 Å². The largest absolute Gasteiger partial charge is 0.392 e. The Morgan fingerprint density at radius 3 is 2.37 bits per heavy atom. The fraction of sp³-hybridized carbons (Fsp3) is 0.769. The Labute approximate surface area is 119 Å². The van der Waals surface area contributed by atoms with Crippen LogP contribution in [-0.4, -0.2) is 29.9 Å². The van der Waals surface area contributed by atoms with Crippen molar-refractivity contribution in [2.24, 2.45) is 23.0 Å². The highest BCUT2D eigenvalue weighted by molar-refractivity contribution is 7.80. The van der Waals surface area contributed by atoms with Gasteiger partial charge in [-0.15, -0.1) is 0 Å². The Balaban J connectivity index is 2.42. The van der Waals surface area contributed by atoms with Gasteiger partial charge in [-0.3, -0.25) is 9.59 Å². The molecule has 1 aliphatic rings. The molecule has 0 heterocycles. The molecule has 0 spiro atoms. The van der Waals surface area contributed by atoms with Crippen molar-refractivity contribution in [3.63, 3.8) is 0 Å². The van der Waals surface area contributed by atoms with Crippen molar-refractivity contribution in [3.8, 4) is 0 Å². The summed E-state index contributed by atoms with van der Waals surface area (Å²) in [5, 5.41) is 5.38. The average molecular weight is 285 g/mol. The van der Waals surface area contributed by atoms with Crippen LogP contribution in [0.4, 0.5) is 0 Å². The van der Waals surface area contributed by atoms with Crippen LogP contribution in [0.3, 0.4) is 0 Å². The molecule has 0 unspecified atom stereocenters. The molecule has 1 aliphatic carbocycles. The molecule has 0 saturated heterocycles. The highest BCUT2D eigenvalue weighted by Crippen LogP contribution is 2.45. The highest BCUT2D eigenvalue weighted by atomic mass is 32.1. The summed E-state index contributed by atoms with van der Waals surface area (Å²) in [4.78, 5) is 23.9. The quantitative estimate of drug-likeness (QED) is 0.623. The van der Waals surface area contributed by atoms with Crippen molar-refractivity contribution in [2.45, 2.75) is 33.6 Å². The standard InChI is InChI=1S/C13H23N3O2S/c1-8(2)6-15-10(17)7-16-12(18)13(11(14)19)4-9(3)5-13/h8-9H,4-7H2,1-3H3,(H2,14,19)(H,15,17)(H,16,18). The zero-order chi connectivity index (χ0) is 14.6. The van der Waals surface area contributed by atoms with Crippen molar-refractivity contribution in [2.75, 3.05) is 13.1 Å². The van der Waals surface area contributed by atoms with Crippen molar-refractivity contribution in [3.05, 3.63) is 0 Å². The van der Waals surface area contributed by atoms with E-state index in [9.17, 15) is 9.59 Å². The molecule has 0 aliphatic heterocycles. The van der Waals surface area contributed by atoms with Gasteiger partial charge in [-0.2, -0.15) is 0 Å². The second-order valence-corrected chi connectivity index (χ2v) is 6.28. The van der Waals surface area contributed by atoms with Crippen LogP contribution in [0, 0.1) is 17.3 Å². The van der Waals surface area contributed by atoms with Gasteiger partial charge < -0.3 is 16.4 Å². The van der Waals surface area contributed by atoms with Gasteiger partial charge in [-0.25, -0.2) is 0 Å². The lowest BCUT2D eigenvalue weighted by Gasteiger charge is -2.44. The van der Waals surface area contributed by atoms with E-state index in [2.05, 4.69) is 17.6 Å². The Kier molecular flexibility index (Phi) is 5.29. The summed E-state index contributed by atoms with van der Waals surface area (Å²) in [6.07, 6.45) is 1.34. The smallest absolute Gasteiger partial charge is 0.239 e. The molecule has 0 atom stereocenters. The predicted octanol–water partition coefficient (Wildman–Crippen LogP) is 0.577. The Morgan fingerprint density at radius 2 is 1.95 bits per heavy atom. The Bertz CT molecular complexity index is 376. The maximum atomic E-state index is 12.1. The molecular formula is C13H23N3O2S. The number of rotatable bonds is 6. The third kappa shape index (κ3) is 3.89. The lowest BCUT2D eigenvalue weighted by Crippen LogP contribution is -2.57. The molecule has 108 valence electrons. The summed E-state index contributed by atoms with van der Waals surface area (Å²) < 4.78 is 0. The molecule has 0 bridgehead atoms. The molecule has 0 aromatic rings. The van der Waals surface area contributed by atoms with Gasteiger partial charge in [0.25, 0.3) is 0 Å². The van der Waals surface area contributed by atoms with Crippen LogP contribution in [0.1, 0.15) is 33.6 Å². The second-order valence-electron chi connectivity index (χ2n) is 5.84. The number of nitrogens with two attached hydrogens (primary N) is 1. The van der Waals surface area contributed by atoms with Gasteiger partial charge >= 0.3 is 0 Å². The minimum absolute atomic E-state index is 0.0235. The summed E-state index contributed by atoms with van der Waals surface area (Å²) in [7, 11) is 0. The minimum atomic E-state index is -0.743. The third-order valence-electron chi connectivity index (χ3n) is 3.42. The van der Waals surface area contributed by atoms with E-state index in [1.165, 1.54) is 0 Å². The molecule has 1 saturated carbocycles. The summed E-state index contributed by atoms with van der Waals surface area (Å²) >= 11 is 4.99. The first-order valence-electron chi connectivity index (χ1n) is 6.63. The van der Waals surface area contributed by atoms with E-state index in [1.54, 1.807) is 0 Å². The van der Waals surface area contributed by atoms with Crippen LogP contribution in [0.15, 0.2) is 0 Å². The van der Waals surface area contributed by atoms with Crippen molar-refractivity contribution < 1.29 is 9.59 Å². The Hall–Kier alpha value is -1.17. The van der Waals surface area contributed by atoms with Crippen LogP contribution in [0.25, 0.3) is 0 Å². The lowest BCUT2D eigenvalue weighted by molar-refractivity contribution is -0.134. The van der Waals surface area contributed by atoms with Gasteiger partial charge in [0.05, 0.1) is 16.9 Å². The number of carbonyl (C=O) groups is 2. The zero-order valence-electron chi connectivity index (χ0n) is 11.8. The molecule has 2 amide bonds. The van der Waals surface area contributed by atoms with Gasteiger partial charge in [0.15, 0.2) is 0 Å². The topological polar surface area (TPSA) is 84.2 Å². The number of nitrogens with one attached hydrogen (secondary N) is 2. The van der Waals surface area contributed by atoms with Gasteiger partial charge in [-0.1, -0.05) is 33.0 Å². The fourth-order valence-corrected chi connectivity index (χ4v) is 2.60. The van der Waals surface area contributed by atoms with Crippen LogP contribution >= 0.6 is 12.2 Å². The van der Waals surface area contributed by atoms with E-state index in [4.69, 9.17) is 18.0 Å². The van der Waals surface area contributed by atoms with Gasteiger partial charge in [0, 0.05) is 6.54 Å². The Morgan fingerprint density at radius 1 is 1.37 bits per heavy atom. The molecule has 6 heteroatoms. The first-order valence-corrected chi connectivity index (χ1v) is 7.03. The van der Waals surface area contributed by atoms with Gasteiger partial charge in [0.2, 0.25) is 11.8 Å².